The molecule has 0 bridgehead atoms. The molecule has 2 atom stereocenters. The number of hydrogen-bond acceptors (Lipinski definition) is 2. The van der Waals surface area contributed by atoms with Gasteiger partial charge in [-0.2, -0.15) is 0 Å². The molecule has 1 saturated heterocycles. The van der Waals surface area contributed by atoms with Crippen LogP contribution >= 0.6 is 0 Å². The van der Waals surface area contributed by atoms with Crippen LogP contribution in [0.5, 0.6) is 0 Å². The summed E-state index contributed by atoms with van der Waals surface area (Å²) >= 11 is 0. The molecule has 1 aliphatic rings. The van der Waals surface area contributed by atoms with Crippen LogP contribution in [0.25, 0.3) is 0 Å². The molecule has 0 radical (unpaired) electrons. The molecule has 0 unspecified atom stereocenters. The minimum absolute atomic E-state index is 0.0762. The number of benzene rings is 2. The third kappa shape index (κ3) is 2.07. The Kier molecular flexibility index (Phi) is 3.13. The van der Waals surface area contributed by atoms with Gasteiger partial charge in [-0.05, 0) is 24.5 Å². The van der Waals surface area contributed by atoms with Gasteiger partial charge in [0.05, 0.1) is 0 Å². The lowest BCUT2D eigenvalue weighted by Gasteiger charge is -2.46. The van der Waals surface area contributed by atoms with Gasteiger partial charge in [0.2, 0.25) is 0 Å². The van der Waals surface area contributed by atoms with Crippen molar-refractivity contribution >= 4 is 0 Å². The van der Waals surface area contributed by atoms with E-state index >= 15 is 0 Å². The predicted molar refractivity (Wildman–Crippen MR) is 76.9 cm³/mol. The maximum absolute atomic E-state index is 11.3. The topological polar surface area (TPSA) is 32.3 Å². The van der Waals surface area contributed by atoms with Crippen molar-refractivity contribution in [3.05, 3.63) is 71.8 Å². The van der Waals surface area contributed by atoms with Crippen LogP contribution in [0, 0.1) is 0 Å². The molecule has 0 aromatic heterocycles. The van der Waals surface area contributed by atoms with Crippen LogP contribution in [-0.2, 0) is 5.60 Å². The van der Waals surface area contributed by atoms with Crippen LogP contribution in [0.3, 0.4) is 0 Å². The Morgan fingerprint density at radius 3 is 1.74 bits per heavy atom. The van der Waals surface area contributed by atoms with Crippen molar-refractivity contribution in [3.8, 4) is 0 Å². The molecule has 0 saturated carbocycles. The summed E-state index contributed by atoms with van der Waals surface area (Å²) in [6.07, 6.45) is 0.986. The fraction of sp³-hybridized carbons (Fsp3) is 0.294. The molecule has 2 nitrogen and oxygen atoms in total. The summed E-state index contributed by atoms with van der Waals surface area (Å²) in [5, 5.41) is 14.8. The van der Waals surface area contributed by atoms with Gasteiger partial charge in [-0.15, -0.1) is 0 Å². The first-order valence-electron chi connectivity index (χ1n) is 6.80. The predicted octanol–water partition coefficient (Wildman–Crippen LogP) is 2.67. The van der Waals surface area contributed by atoms with Gasteiger partial charge in [0.15, 0.2) is 0 Å². The van der Waals surface area contributed by atoms with Gasteiger partial charge < -0.3 is 10.4 Å². The molecule has 98 valence electrons. The standard InChI is InChI=1S/C17H19NO/c1-13-12-16(18-13)17(19,14-8-4-2-5-9-14)15-10-6-3-7-11-15/h2-11,13,16,18-19H,12H2,1H3/t13-,16-/m1/s1. The van der Waals surface area contributed by atoms with E-state index in [-0.39, 0.29) is 6.04 Å². The highest BCUT2D eigenvalue weighted by molar-refractivity contribution is 5.39. The normalized spacial score (nSPS) is 22.8. The molecule has 1 aliphatic heterocycles. The van der Waals surface area contributed by atoms with Gasteiger partial charge in [0.1, 0.15) is 5.60 Å². The van der Waals surface area contributed by atoms with Crippen LogP contribution < -0.4 is 5.32 Å². The van der Waals surface area contributed by atoms with Crippen molar-refractivity contribution in [1.29, 1.82) is 0 Å². The molecule has 19 heavy (non-hydrogen) atoms. The summed E-state index contributed by atoms with van der Waals surface area (Å²) in [6.45, 7) is 2.15. The van der Waals surface area contributed by atoms with Crippen molar-refractivity contribution in [2.75, 3.05) is 0 Å². The first-order chi connectivity index (χ1) is 9.21. The van der Waals surface area contributed by atoms with Crippen molar-refractivity contribution in [2.45, 2.75) is 31.0 Å². The Morgan fingerprint density at radius 1 is 0.947 bits per heavy atom. The maximum atomic E-state index is 11.3. The summed E-state index contributed by atoms with van der Waals surface area (Å²) in [6, 6.07) is 20.4. The van der Waals surface area contributed by atoms with Gasteiger partial charge in [-0.1, -0.05) is 60.7 Å². The zero-order valence-corrected chi connectivity index (χ0v) is 11.1. The largest absolute Gasteiger partial charge is 0.379 e. The van der Waals surface area contributed by atoms with E-state index < -0.39 is 5.60 Å². The lowest BCUT2D eigenvalue weighted by atomic mass is 9.74. The molecule has 1 heterocycles. The smallest absolute Gasteiger partial charge is 0.130 e. The van der Waals surface area contributed by atoms with Gasteiger partial charge in [-0.25, -0.2) is 0 Å². The Bertz CT molecular complexity index is 492. The Morgan fingerprint density at radius 2 is 1.37 bits per heavy atom. The van der Waals surface area contributed by atoms with Gasteiger partial charge >= 0.3 is 0 Å². The first kappa shape index (κ1) is 12.4. The zero-order valence-electron chi connectivity index (χ0n) is 11.1. The lowest BCUT2D eigenvalue weighted by molar-refractivity contribution is -0.00329. The second kappa shape index (κ2) is 4.80. The molecular weight excluding hydrogens is 234 g/mol. The molecule has 2 heteroatoms. The third-order valence-electron chi connectivity index (χ3n) is 4.01. The molecular formula is C17H19NO. The van der Waals surface area contributed by atoms with Crippen molar-refractivity contribution < 1.29 is 5.11 Å². The summed E-state index contributed by atoms with van der Waals surface area (Å²) in [4.78, 5) is 0. The maximum Gasteiger partial charge on any atom is 0.130 e. The average molecular weight is 253 g/mol. The minimum atomic E-state index is -0.949. The van der Waals surface area contributed by atoms with Gasteiger partial charge in [0, 0.05) is 12.1 Å². The number of rotatable bonds is 3. The van der Waals surface area contributed by atoms with E-state index in [4.69, 9.17) is 0 Å². The average Bonchev–Trinajstić information content (AvgIpc) is 2.45. The molecule has 0 amide bonds. The molecule has 1 fully saturated rings. The quantitative estimate of drug-likeness (QED) is 0.881. The van der Waals surface area contributed by atoms with E-state index in [1.165, 1.54) is 0 Å². The van der Waals surface area contributed by atoms with Crippen LogP contribution in [0.1, 0.15) is 24.5 Å². The first-order valence-corrected chi connectivity index (χ1v) is 6.80. The van der Waals surface area contributed by atoms with Crippen LogP contribution in [0.4, 0.5) is 0 Å². The molecule has 2 aromatic rings. The number of nitrogens with one attached hydrogen (secondary N) is 1. The highest BCUT2D eigenvalue weighted by atomic mass is 16.3. The van der Waals surface area contributed by atoms with E-state index in [2.05, 4.69) is 12.2 Å². The second-order valence-corrected chi connectivity index (χ2v) is 5.35. The van der Waals surface area contributed by atoms with E-state index in [1.54, 1.807) is 0 Å². The van der Waals surface area contributed by atoms with Gasteiger partial charge in [-0.3, -0.25) is 0 Å². The Hall–Kier alpha value is -1.64. The summed E-state index contributed by atoms with van der Waals surface area (Å²) in [5.41, 5.74) is 0.950. The van der Waals surface area contributed by atoms with E-state index in [0.717, 1.165) is 17.5 Å². The van der Waals surface area contributed by atoms with Gasteiger partial charge in [0.25, 0.3) is 0 Å². The van der Waals surface area contributed by atoms with Crippen LogP contribution in [-0.4, -0.2) is 17.2 Å². The van der Waals surface area contributed by atoms with Crippen molar-refractivity contribution in [3.63, 3.8) is 0 Å². The number of aliphatic hydroxyl groups is 1. The van der Waals surface area contributed by atoms with Crippen LogP contribution in [0.2, 0.25) is 0 Å². The molecule has 0 spiro atoms. The van der Waals surface area contributed by atoms with E-state index in [9.17, 15) is 5.11 Å². The van der Waals surface area contributed by atoms with E-state index in [1.807, 2.05) is 60.7 Å². The summed E-state index contributed by atoms with van der Waals surface area (Å²) in [5.74, 6) is 0. The van der Waals surface area contributed by atoms with E-state index in [0.29, 0.717) is 6.04 Å². The second-order valence-electron chi connectivity index (χ2n) is 5.35. The summed E-state index contributed by atoms with van der Waals surface area (Å²) in [7, 11) is 0. The highest BCUT2D eigenvalue weighted by Gasteiger charge is 2.45. The van der Waals surface area contributed by atoms with Crippen LogP contribution in [0.15, 0.2) is 60.7 Å². The highest BCUT2D eigenvalue weighted by Crippen LogP contribution is 2.38. The number of hydrogen-bond donors (Lipinski definition) is 2. The summed E-state index contributed by atoms with van der Waals surface area (Å²) < 4.78 is 0. The molecule has 0 aliphatic carbocycles. The molecule has 3 rings (SSSR count). The fourth-order valence-corrected chi connectivity index (χ4v) is 2.92. The molecule has 2 N–H and O–H groups in total. The molecule has 2 aromatic carbocycles. The zero-order chi connectivity index (χ0) is 13.3. The Balaban J connectivity index is 2.06. The van der Waals surface area contributed by atoms with Crippen molar-refractivity contribution in [2.24, 2.45) is 0 Å². The third-order valence-corrected chi connectivity index (χ3v) is 4.01. The SMILES string of the molecule is C[C@@H]1C[C@H](C(O)(c2ccccc2)c2ccccc2)N1. The van der Waals surface area contributed by atoms with Crippen molar-refractivity contribution in [1.82, 2.24) is 5.32 Å². The Labute approximate surface area is 114 Å². The minimum Gasteiger partial charge on any atom is -0.379 e. The monoisotopic (exact) mass is 253 g/mol. The lowest BCUT2D eigenvalue weighted by Crippen LogP contribution is -2.61. The fourth-order valence-electron chi connectivity index (χ4n) is 2.92.